The fourth-order valence-corrected chi connectivity index (χ4v) is 7.22. The van der Waals surface area contributed by atoms with Crippen molar-refractivity contribution >= 4 is 47.3 Å². The molecule has 0 aliphatic carbocycles. The summed E-state index contributed by atoms with van der Waals surface area (Å²) >= 11 is 1.21. The van der Waals surface area contributed by atoms with Gasteiger partial charge in [-0.05, 0) is 62.2 Å². The molecule has 3 aromatic rings. The molecule has 2 heterocycles. The molecule has 0 N–H and O–H groups in total. The number of sulfonamides is 1. The van der Waals surface area contributed by atoms with E-state index in [1.807, 2.05) is 11.5 Å². The van der Waals surface area contributed by atoms with Gasteiger partial charge in [-0.25, -0.2) is 16.8 Å². The zero-order valence-electron chi connectivity index (χ0n) is 19.5. The molecule has 0 radical (unpaired) electrons. The molecule has 1 saturated heterocycles. The Kier molecular flexibility index (Phi) is 7.57. The van der Waals surface area contributed by atoms with Gasteiger partial charge in [0.25, 0.3) is 5.91 Å². The highest BCUT2D eigenvalue weighted by atomic mass is 32.2. The molecule has 0 spiro atoms. The van der Waals surface area contributed by atoms with Gasteiger partial charge < -0.3 is 9.30 Å². The van der Waals surface area contributed by atoms with Crippen molar-refractivity contribution in [2.75, 3.05) is 32.6 Å². The number of aromatic nitrogens is 1. The summed E-state index contributed by atoms with van der Waals surface area (Å²) < 4.78 is 58.9. The van der Waals surface area contributed by atoms with E-state index in [4.69, 9.17) is 4.74 Å². The molecule has 1 aromatic heterocycles. The molecular weight excluding hydrogens is 510 g/mol. The Labute approximate surface area is 208 Å². The van der Waals surface area contributed by atoms with Crippen molar-refractivity contribution in [1.29, 1.82) is 0 Å². The van der Waals surface area contributed by atoms with Crippen molar-refractivity contribution < 1.29 is 26.4 Å². The van der Waals surface area contributed by atoms with Gasteiger partial charge in [-0.1, -0.05) is 11.3 Å². The standard InChI is InChI=1S/C23H27N3O6S3/c1-3-32-15-14-26-20-11-10-19(34(2,28)29)16-21(20)33-23(26)24-22(27)17-6-8-18(9-7-17)35(30,31)25-12-4-5-13-25/h6-11,16H,3-5,12-15H2,1-2H3. The minimum atomic E-state index is -3.57. The maximum atomic E-state index is 13.0. The number of ether oxygens (including phenoxy) is 1. The van der Waals surface area contributed by atoms with Crippen LogP contribution in [0.5, 0.6) is 0 Å². The Bertz CT molecular complexity index is 1510. The van der Waals surface area contributed by atoms with Crippen LogP contribution in [0.15, 0.2) is 57.2 Å². The highest BCUT2D eigenvalue weighted by Gasteiger charge is 2.27. The molecule has 0 saturated carbocycles. The molecule has 0 unspecified atom stereocenters. The lowest BCUT2D eigenvalue weighted by atomic mass is 10.2. The molecule has 2 aromatic carbocycles. The predicted molar refractivity (Wildman–Crippen MR) is 134 cm³/mol. The summed E-state index contributed by atoms with van der Waals surface area (Å²) in [5, 5.41) is 0. The van der Waals surface area contributed by atoms with E-state index in [1.54, 1.807) is 12.1 Å². The smallest absolute Gasteiger partial charge is 0.279 e. The lowest BCUT2D eigenvalue weighted by Gasteiger charge is -2.15. The van der Waals surface area contributed by atoms with E-state index in [-0.39, 0.29) is 15.4 Å². The number of nitrogens with zero attached hydrogens (tertiary/aromatic N) is 3. The second-order valence-electron chi connectivity index (χ2n) is 8.19. The van der Waals surface area contributed by atoms with Gasteiger partial charge in [-0.15, -0.1) is 0 Å². The predicted octanol–water partition coefficient (Wildman–Crippen LogP) is 2.67. The molecule has 188 valence electrons. The molecular formula is C23H27N3O6S3. The summed E-state index contributed by atoms with van der Waals surface area (Å²) in [5.41, 5.74) is 1.01. The lowest BCUT2D eigenvalue weighted by Crippen LogP contribution is -2.27. The molecule has 0 bridgehead atoms. The highest BCUT2D eigenvalue weighted by Crippen LogP contribution is 2.23. The molecule has 1 aliphatic rings. The van der Waals surface area contributed by atoms with E-state index in [9.17, 15) is 21.6 Å². The summed E-state index contributed by atoms with van der Waals surface area (Å²) in [4.78, 5) is 18.0. The highest BCUT2D eigenvalue weighted by molar-refractivity contribution is 7.90. The molecule has 35 heavy (non-hydrogen) atoms. The third-order valence-electron chi connectivity index (χ3n) is 5.75. The van der Waals surface area contributed by atoms with Gasteiger partial charge in [-0.3, -0.25) is 4.79 Å². The van der Waals surface area contributed by atoms with Crippen LogP contribution in [-0.4, -0.2) is 64.2 Å². The molecule has 1 amide bonds. The molecule has 0 atom stereocenters. The average Bonchev–Trinajstić information content (AvgIpc) is 3.47. The van der Waals surface area contributed by atoms with Gasteiger partial charge >= 0.3 is 0 Å². The fourth-order valence-electron chi connectivity index (χ4n) is 3.88. The number of rotatable bonds is 8. The average molecular weight is 538 g/mol. The zero-order chi connectivity index (χ0) is 25.2. The van der Waals surface area contributed by atoms with E-state index in [1.165, 1.54) is 46.0 Å². The number of hydrogen-bond donors (Lipinski definition) is 0. The molecule has 9 nitrogen and oxygen atoms in total. The van der Waals surface area contributed by atoms with Gasteiger partial charge in [0.1, 0.15) is 0 Å². The van der Waals surface area contributed by atoms with Crippen molar-refractivity contribution in [3.8, 4) is 0 Å². The summed E-state index contributed by atoms with van der Waals surface area (Å²) in [6.07, 6.45) is 2.84. The largest absolute Gasteiger partial charge is 0.380 e. The second-order valence-corrected chi connectivity index (χ2v) is 13.2. The number of benzene rings is 2. The van der Waals surface area contributed by atoms with Crippen molar-refractivity contribution in [1.82, 2.24) is 8.87 Å². The summed E-state index contributed by atoms with van der Waals surface area (Å²) in [7, 11) is -6.95. The second kappa shape index (κ2) is 10.3. The Balaban J connectivity index is 1.69. The summed E-state index contributed by atoms with van der Waals surface area (Å²) in [5.74, 6) is -0.518. The Hall–Kier alpha value is -2.38. The van der Waals surface area contributed by atoms with Crippen LogP contribution in [0, 0.1) is 0 Å². The van der Waals surface area contributed by atoms with Crippen molar-refractivity contribution in [3.05, 3.63) is 52.8 Å². The van der Waals surface area contributed by atoms with Crippen molar-refractivity contribution in [2.24, 2.45) is 4.99 Å². The van der Waals surface area contributed by atoms with Crippen LogP contribution in [0.25, 0.3) is 10.2 Å². The van der Waals surface area contributed by atoms with Crippen molar-refractivity contribution in [3.63, 3.8) is 0 Å². The van der Waals surface area contributed by atoms with Crippen LogP contribution >= 0.6 is 11.3 Å². The van der Waals surface area contributed by atoms with E-state index in [2.05, 4.69) is 4.99 Å². The summed E-state index contributed by atoms with van der Waals surface area (Å²) in [6, 6.07) is 10.6. The lowest BCUT2D eigenvalue weighted by molar-refractivity contribution is 0.0996. The normalized spacial score (nSPS) is 15.8. The van der Waals surface area contributed by atoms with Crippen LogP contribution in [0.2, 0.25) is 0 Å². The molecule has 4 rings (SSSR count). The quantitative estimate of drug-likeness (QED) is 0.408. The topological polar surface area (TPSA) is 115 Å². The first kappa shape index (κ1) is 25.7. The van der Waals surface area contributed by atoms with Crippen LogP contribution in [0.3, 0.4) is 0 Å². The number of sulfone groups is 1. The maximum Gasteiger partial charge on any atom is 0.279 e. The van der Waals surface area contributed by atoms with E-state index in [0.717, 1.165) is 24.6 Å². The first-order chi connectivity index (χ1) is 16.6. The van der Waals surface area contributed by atoms with Gasteiger partial charge in [0.15, 0.2) is 14.6 Å². The van der Waals surface area contributed by atoms with Gasteiger partial charge in [-0.2, -0.15) is 9.30 Å². The minimum Gasteiger partial charge on any atom is -0.380 e. The van der Waals surface area contributed by atoms with E-state index >= 15 is 0 Å². The van der Waals surface area contributed by atoms with Gasteiger partial charge in [0.05, 0.1) is 26.6 Å². The zero-order valence-corrected chi connectivity index (χ0v) is 22.0. The molecule has 1 fully saturated rings. The van der Waals surface area contributed by atoms with Crippen molar-refractivity contribution in [2.45, 2.75) is 36.1 Å². The maximum absolute atomic E-state index is 13.0. The third-order valence-corrected chi connectivity index (χ3v) is 9.81. The van der Waals surface area contributed by atoms with Crippen LogP contribution in [0.4, 0.5) is 0 Å². The number of amides is 1. The van der Waals surface area contributed by atoms with Gasteiger partial charge in [0, 0.05) is 38.1 Å². The van der Waals surface area contributed by atoms with E-state index < -0.39 is 25.8 Å². The number of carbonyl (C=O) groups is 1. The Morgan fingerprint density at radius 3 is 2.31 bits per heavy atom. The number of carbonyl (C=O) groups excluding carboxylic acids is 1. The first-order valence-corrected chi connectivity index (χ1v) is 15.4. The van der Waals surface area contributed by atoms with Gasteiger partial charge in [0.2, 0.25) is 10.0 Å². The minimum absolute atomic E-state index is 0.151. The number of hydrogen-bond acceptors (Lipinski definition) is 7. The number of fused-ring (bicyclic) bond motifs is 1. The monoisotopic (exact) mass is 537 g/mol. The van der Waals surface area contributed by atoms with Crippen LogP contribution in [0.1, 0.15) is 30.1 Å². The van der Waals surface area contributed by atoms with Crippen LogP contribution < -0.4 is 4.80 Å². The Morgan fingerprint density at radius 1 is 1.03 bits per heavy atom. The molecule has 1 aliphatic heterocycles. The first-order valence-electron chi connectivity index (χ1n) is 11.2. The summed E-state index contributed by atoms with van der Waals surface area (Å²) in [6.45, 7) is 4.28. The molecule has 12 heteroatoms. The number of thiazole rings is 1. The van der Waals surface area contributed by atoms with Crippen LogP contribution in [-0.2, 0) is 31.1 Å². The Morgan fingerprint density at radius 2 is 1.69 bits per heavy atom. The third kappa shape index (κ3) is 5.56. The fraction of sp³-hybridized carbons (Fsp3) is 0.391. The van der Waals surface area contributed by atoms with E-state index in [0.29, 0.717) is 42.3 Å². The SMILES string of the molecule is CCOCCn1c(=NC(=O)c2ccc(S(=O)(=O)N3CCCC3)cc2)sc2cc(S(C)(=O)=O)ccc21.